The van der Waals surface area contributed by atoms with Gasteiger partial charge in [-0.1, -0.05) is 0 Å². The Bertz CT molecular complexity index is 703. The van der Waals surface area contributed by atoms with E-state index in [0.717, 1.165) is 27.4 Å². The maximum atomic E-state index is 13.6. The summed E-state index contributed by atoms with van der Waals surface area (Å²) in [6.45, 7) is 3.73. The van der Waals surface area contributed by atoms with E-state index in [4.69, 9.17) is 0 Å². The molecule has 0 unspecified atom stereocenters. The van der Waals surface area contributed by atoms with Gasteiger partial charge in [-0.25, -0.2) is 0 Å². The van der Waals surface area contributed by atoms with Crippen LogP contribution in [0.4, 0.5) is 4.39 Å². The molecule has 1 heterocycles. The molecule has 0 atom stereocenters. The number of fused-ring (bicyclic) bond motifs is 2. The summed E-state index contributed by atoms with van der Waals surface area (Å²) in [4.78, 5) is 0. The van der Waals surface area contributed by atoms with Crippen molar-refractivity contribution in [2.75, 3.05) is 0 Å². The average molecular weight is 279 g/mol. The summed E-state index contributed by atoms with van der Waals surface area (Å²) >= 11 is -0.0277. The summed E-state index contributed by atoms with van der Waals surface area (Å²) in [5.41, 5.74) is 3.50. The fraction of sp³-hybridized carbons (Fsp3) is 0.167. The first-order chi connectivity index (χ1) is 7.66. The van der Waals surface area contributed by atoms with E-state index in [1.165, 1.54) is 0 Å². The number of halogens is 1. The van der Waals surface area contributed by atoms with Crippen LogP contribution in [0.15, 0.2) is 18.2 Å². The van der Waals surface area contributed by atoms with Gasteiger partial charge in [0, 0.05) is 0 Å². The molecule has 0 fully saturated rings. The third-order valence-corrected chi connectivity index (χ3v) is 4.09. The van der Waals surface area contributed by atoms with E-state index in [0.29, 0.717) is 5.56 Å². The Labute approximate surface area is 98.3 Å². The number of hydrogen-bond donors (Lipinski definition) is 0. The number of aromatic nitrogens is 2. The molecule has 0 aliphatic carbocycles. The van der Waals surface area contributed by atoms with Gasteiger partial charge in [0.05, 0.1) is 0 Å². The van der Waals surface area contributed by atoms with Crippen LogP contribution < -0.4 is 0 Å². The van der Waals surface area contributed by atoms with E-state index in [2.05, 4.69) is 7.96 Å². The maximum absolute atomic E-state index is 13.6. The quantitative estimate of drug-likeness (QED) is 0.591. The van der Waals surface area contributed by atoms with Crippen molar-refractivity contribution in [1.29, 1.82) is 0 Å². The van der Waals surface area contributed by atoms with Crippen molar-refractivity contribution < 1.29 is 4.39 Å². The molecular formula is C12H9FN2Se. The Hall–Kier alpha value is -1.25. The van der Waals surface area contributed by atoms with Crippen LogP contribution in [0.1, 0.15) is 11.1 Å². The first-order valence-corrected chi connectivity index (χ1v) is 6.52. The van der Waals surface area contributed by atoms with E-state index in [9.17, 15) is 4.39 Å². The van der Waals surface area contributed by atoms with Gasteiger partial charge in [-0.15, -0.1) is 0 Å². The van der Waals surface area contributed by atoms with E-state index < -0.39 is 0 Å². The van der Waals surface area contributed by atoms with Crippen LogP contribution in [-0.4, -0.2) is 22.9 Å². The summed E-state index contributed by atoms with van der Waals surface area (Å²) in [5, 5.41) is 2.03. The normalized spacial score (nSPS) is 11.4. The molecule has 0 radical (unpaired) electrons. The zero-order chi connectivity index (χ0) is 11.3. The van der Waals surface area contributed by atoms with Crippen LogP contribution >= 0.6 is 0 Å². The van der Waals surface area contributed by atoms with Crippen LogP contribution in [0.3, 0.4) is 0 Å². The van der Waals surface area contributed by atoms with Gasteiger partial charge in [0.2, 0.25) is 0 Å². The first kappa shape index (κ1) is 9.94. The van der Waals surface area contributed by atoms with Crippen LogP contribution in [0.25, 0.3) is 21.8 Å². The fourth-order valence-electron chi connectivity index (χ4n) is 1.97. The van der Waals surface area contributed by atoms with Gasteiger partial charge >= 0.3 is 98.1 Å². The molecule has 0 spiro atoms. The molecular weight excluding hydrogens is 270 g/mol. The topological polar surface area (TPSA) is 25.8 Å². The Balaban J connectivity index is 2.58. The van der Waals surface area contributed by atoms with Crippen LogP contribution in [0.5, 0.6) is 0 Å². The molecule has 3 rings (SSSR count). The van der Waals surface area contributed by atoms with Crippen molar-refractivity contribution in [1.82, 2.24) is 7.96 Å². The van der Waals surface area contributed by atoms with Gasteiger partial charge < -0.3 is 0 Å². The Kier molecular flexibility index (Phi) is 2.09. The zero-order valence-corrected chi connectivity index (χ0v) is 10.6. The van der Waals surface area contributed by atoms with E-state index in [-0.39, 0.29) is 20.8 Å². The van der Waals surface area contributed by atoms with Crippen LogP contribution in [-0.2, 0) is 0 Å². The molecule has 2 nitrogen and oxygen atoms in total. The third-order valence-electron chi connectivity index (χ3n) is 2.92. The number of hydrogen-bond acceptors (Lipinski definition) is 2. The second-order valence-corrected chi connectivity index (χ2v) is 5.06. The van der Waals surface area contributed by atoms with Gasteiger partial charge in [-0.05, 0) is 0 Å². The van der Waals surface area contributed by atoms with Crippen molar-refractivity contribution in [2.45, 2.75) is 13.8 Å². The molecule has 0 bridgehead atoms. The minimum atomic E-state index is -0.148. The molecule has 4 heteroatoms. The van der Waals surface area contributed by atoms with Gasteiger partial charge in [0.1, 0.15) is 0 Å². The number of rotatable bonds is 0. The second kappa shape index (κ2) is 3.37. The third kappa shape index (κ3) is 1.30. The van der Waals surface area contributed by atoms with Gasteiger partial charge in [-0.3, -0.25) is 0 Å². The van der Waals surface area contributed by atoms with Crippen molar-refractivity contribution in [3.63, 3.8) is 0 Å². The monoisotopic (exact) mass is 280 g/mol. The standard InChI is InChI=1S/C12H9FN2Se/c1-6-3-10(13)7(2)9-5-12-11(4-8(6)9)14-16-15-12/h3-5H,1-2H3. The van der Waals surface area contributed by atoms with Gasteiger partial charge in [-0.2, -0.15) is 0 Å². The van der Waals surface area contributed by atoms with Crippen molar-refractivity contribution in [3.8, 4) is 0 Å². The Morgan fingerprint density at radius 3 is 2.31 bits per heavy atom. The van der Waals surface area contributed by atoms with Crippen molar-refractivity contribution in [2.24, 2.45) is 0 Å². The van der Waals surface area contributed by atoms with Gasteiger partial charge in [0.15, 0.2) is 0 Å². The SMILES string of the molecule is Cc1cc(F)c(C)c2cc3n[se]nc3cc12. The number of benzene rings is 2. The Morgan fingerprint density at radius 2 is 1.62 bits per heavy atom. The number of nitrogens with zero attached hydrogens (tertiary/aromatic N) is 2. The first-order valence-electron chi connectivity index (χ1n) is 4.98. The summed E-state index contributed by atoms with van der Waals surface area (Å²) in [7, 11) is 0. The summed E-state index contributed by atoms with van der Waals surface area (Å²) < 4.78 is 22.3. The molecule has 16 heavy (non-hydrogen) atoms. The molecule has 0 amide bonds. The number of aryl methyl sites for hydroxylation is 2. The molecule has 80 valence electrons. The van der Waals surface area contributed by atoms with E-state index >= 15 is 0 Å². The Morgan fingerprint density at radius 1 is 1.00 bits per heavy atom. The van der Waals surface area contributed by atoms with Gasteiger partial charge in [0.25, 0.3) is 0 Å². The van der Waals surface area contributed by atoms with E-state index in [1.807, 2.05) is 19.1 Å². The van der Waals surface area contributed by atoms with Crippen LogP contribution in [0.2, 0.25) is 0 Å². The second-order valence-electron chi connectivity index (χ2n) is 3.95. The summed E-state index contributed by atoms with van der Waals surface area (Å²) in [5.74, 6) is -0.148. The molecule has 0 aliphatic rings. The van der Waals surface area contributed by atoms with Crippen molar-refractivity contribution in [3.05, 3.63) is 35.1 Å². The molecule has 0 saturated carbocycles. The zero-order valence-electron chi connectivity index (χ0n) is 8.91. The summed E-state index contributed by atoms with van der Waals surface area (Å²) in [6, 6.07) is 5.56. The fourth-order valence-corrected chi connectivity index (χ4v) is 3.04. The molecule has 2 aromatic carbocycles. The molecule has 3 aromatic rings. The van der Waals surface area contributed by atoms with Crippen LogP contribution in [0, 0.1) is 19.7 Å². The summed E-state index contributed by atoms with van der Waals surface area (Å²) in [6.07, 6.45) is 0. The van der Waals surface area contributed by atoms with Crippen molar-refractivity contribution >= 4 is 36.8 Å². The molecule has 0 aliphatic heterocycles. The van der Waals surface area contributed by atoms with E-state index in [1.54, 1.807) is 13.0 Å². The predicted octanol–water partition coefficient (Wildman–Crippen LogP) is 2.60. The average Bonchev–Trinajstić information content (AvgIpc) is 2.71. The molecule has 1 aromatic heterocycles. The minimum absolute atomic E-state index is 0.0277. The molecule has 0 N–H and O–H groups in total. The predicted molar refractivity (Wildman–Crippen MR) is 63.4 cm³/mol. The molecule has 0 saturated heterocycles.